The molecule has 104 valence electrons. The van der Waals surface area contributed by atoms with E-state index in [0.717, 1.165) is 17.9 Å². The first-order chi connectivity index (χ1) is 9.31. The van der Waals surface area contributed by atoms with E-state index < -0.39 is 0 Å². The zero-order valence-corrected chi connectivity index (χ0v) is 11.4. The van der Waals surface area contributed by atoms with Gasteiger partial charge in [-0.25, -0.2) is 0 Å². The van der Waals surface area contributed by atoms with Crippen molar-refractivity contribution in [3.05, 3.63) is 18.0 Å². The highest BCUT2D eigenvalue weighted by atomic mass is 16.5. The van der Waals surface area contributed by atoms with Gasteiger partial charge < -0.3 is 19.5 Å². The zero-order chi connectivity index (χ0) is 13.2. The highest BCUT2D eigenvalue weighted by Gasteiger charge is 2.40. The van der Waals surface area contributed by atoms with Crippen molar-refractivity contribution in [2.45, 2.75) is 44.1 Å². The van der Waals surface area contributed by atoms with Crippen LogP contribution in [-0.2, 0) is 11.3 Å². The monoisotopic (exact) mass is 264 g/mol. The second-order valence-corrected chi connectivity index (χ2v) is 5.09. The molecule has 5 heteroatoms. The van der Waals surface area contributed by atoms with E-state index in [1.165, 1.54) is 12.8 Å². The lowest BCUT2D eigenvalue weighted by molar-refractivity contribution is 0.0972. The van der Waals surface area contributed by atoms with Crippen LogP contribution in [0.25, 0.3) is 0 Å². The molecule has 0 radical (unpaired) electrons. The topological polar surface area (TPSA) is 52.6 Å². The molecule has 3 atom stereocenters. The fourth-order valence-electron chi connectivity index (χ4n) is 3.06. The Morgan fingerprint density at radius 1 is 1.37 bits per heavy atom. The molecule has 19 heavy (non-hydrogen) atoms. The average molecular weight is 264 g/mol. The molecule has 0 spiro atoms. The van der Waals surface area contributed by atoms with E-state index in [9.17, 15) is 0 Å². The van der Waals surface area contributed by atoms with Gasteiger partial charge in [0.25, 0.3) is 0 Å². The summed E-state index contributed by atoms with van der Waals surface area (Å²) in [6.45, 7) is 0.678. The lowest BCUT2D eigenvalue weighted by Gasteiger charge is -2.20. The number of hydrogen-bond donors (Lipinski definition) is 1. The lowest BCUT2D eigenvalue weighted by atomic mass is 9.95. The molecule has 3 rings (SSSR count). The standard InChI is InChI=1S/C14H20N2O3/c1-17-13-5-6-15-11(14(13)18-2)8-16-10-7-9-3-4-12(10)19-9/h5-6,9-10,12,16H,3-4,7-8H2,1-2H3. The van der Waals surface area contributed by atoms with Gasteiger partial charge in [-0.3, -0.25) is 4.98 Å². The van der Waals surface area contributed by atoms with Gasteiger partial charge in [-0.1, -0.05) is 0 Å². The highest BCUT2D eigenvalue weighted by Crippen LogP contribution is 2.35. The quantitative estimate of drug-likeness (QED) is 0.873. The molecule has 2 aliphatic heterocycles. The smallest absolute Gasteiger partial charge is 0.183 e. The molecule has 2 fully saturated rings. The number of pyridine rings is 1. The van der Waals surface area contributed by atoms with E-state index in [1.54, 1.807) is 20.4 Å². The normalized spacial score (nSPS) is 28.6. The third-order valence-corrected chi connectivity index (χ3v) is 4.00. The number of methoxy groups -OCH3 is 2. The summed E-state index contributed by atoms with van der Waals surface area (Å²) in [6.07, 6.45) is 6.07. The van der Waals surface area contributed by atoms with Gasteiger partial charge in [0.2, 0.25) is 0 Å². The lowest BCUT2D eigenvalue weighted by Crippen LogP contribution is -2.37. The predicted molar refractivity (Wildman–Crippen MR) is 70.5 cm³/mol. The molecular formula is C14H20N2O3. The Morgan fingerprint density at radius 2 is 2.26 bits per heavy atom. The van der Waals surface area contributed by atoms with E-state index >= 15 is 0 Å². The number of rotatable bonds is 5. The van der Waals surface area contributed by atoms with Crippen molar-refractivity contribution >= 4 is 0 Å². The maximum atomic E-state index is 5.84. The van der Waals surface area contributed by atoms with Crippen LogP contribution >= 0.6 is 0 Å². The first kappa shape index (κ1) is 12.7. The summed E-state index contributed by atoms with van der Waals surface area (Å²) in [5.74, 6) is 1.43. The molecule has 0 saturated carbocycles. The summed E-state index contributed by atoms with van der Waals surface area (Å²) in [4.78, 5) is 4.37. The molecule has 1 N–H and O–H groups in total. The molecule has 1 aromatic heterocycles. The Balaban J connectivity index is 1.66. The second kappa shape index (κ2) is 5.35. The fourth-order valence-corrected chi connectivity index (χ4v) is 3.06. The Labute approximate surface area is 113 Å². The van der Waals surface area contributed by atoms with Crippen molar-refractivity contribution in [3.63, 3.8) is 0 Å². The molecule has 0 amide bonds. The van der Waals surface area contributed by atoms with Crippen molar-refractivity contribution in [3.8, 4) is 11.5 Å². The van der Waals surface area contributed by atoms with Crippen molar-refractivity contribution in [2.24, 2.45) is 0 Å². The summed E-state index contributed by atoms with van der Waals surface area (Å²) in [6, 6.07) is 2.25. The Morgan fingerprint density at radius 3 is 2.89 bits per heavy atom. The van der Waals surface area contributed by atoms with Crippen LogP contribution in [0, 0.1) is 0 Å². The number of nitrogens with one attached hydrogen (secondary N) is 1. The first-order valence-electron chi connectivity index (χ1n) is 6.76. The molecule has 2 aliphatic rings. The molecule has 3 heterocycles. The van der Waals surface area contributed by atoms with Crippen LogP contribution in [-0.4, -0.2) is 37.5 Å². The van der Waals surface area contributed by atoms with Crippen LogP contribution in [0.1, 0.15) is 25.0 Å². The second-order valence-electron chi connectivity index (χ2n) is 5.09. The van der Waals surface area contributed by atoms with Gasteiger partial charge in [0, 0.05) is 24.8 Å². The number of hydrogen-bond acceptors (Lipinski definition) is 5. The molecule has 2 saturated heterocycles. The van der Waals surface area contributed by atoms with Crippen LogP contribution in [0.2, 0.25) is 0 Å². The predicted octanol–water partition coefficient (Wildman–Crippen LogP) is 1.51. The Kier molecular flexibility index (Phi) is 3.57. The maximum Gasteiger partial charge on any atom is 0.183 e. The van der Waals surface area contributed by atoms with Crippen molar-refractivity contribution in [1.29, 1.82) is 0 Å². The van der Waals surface area contributed by atoms with Crippen LogP contribution in [0.15, 0.2) is 12.3 Å². The number of aromatic nitrogens is 1. The van der Waals surface area contributed by atoms with Gasteiger partial charge in [-0.05, 0) is 19.3 Å². The molecule has 5 nitrogen and oxygen atoms in total. The van der Waals surface area contributed by atoms with Gasteiger partial charge in [-0.2, -0.15) is 0 Å². The summed E-state index contributed by atoms with van der Waals surface area (Å²) >= 11 is 0. The summed E-state index contributed by atoms with van der Waals surface area (Å²) in [7, 11) is 3.28. The maximum absolute atomic E-state index is 5.84. The van der Waals surface area contributed by atoms with Gasteiger partial charge in [0.05, 0.1) is 32.1 Å². The third-order valence-electron chi connectivity index (χ3n) is 4.00. The van der Waals surface area contributed by atoms with Gasteiger partial charge >= 0.3 is 0 Å². The van der Waals surface area contributed by atoms with Crippen LogP contribution < -0.4 is 14.8 Å². The first-order valence-corrected chi connectivity index (χ1v) is 6.76. The zero-order valence-electron chi connectivity index (χ0n) is 11.4. The van der Waals surface area contributed by atoms with Gasteiger partial charge in [0.1, 0.15) is 0 Å². The minimum atomic E-state index is 0.376. The van der Waals surface area contributed by atoms with E-state index in [-0.39, 0.29) is 0 Å². The Bertz CT molecular complexity index is 452. The minimum absolute atomic E-state index is 0.376. The minimum Gasteiger partial charge on any atom is -0.493 e. The molecule has 3 unspecified atom stereocenters. The molecule has 1 aromatic rings. The van der Waals surface area contributed by atoms with E-state index in [4.69, 9.17) is 14.2 Å². The SMILES string of the molecule is COc1ccnc(CNC2CC3CCC2O3)c1OC. The fraction of sp³-hybridized carbons (Fsp3) is 0.643. The number of fused-ring (bicyclic) bond motifs is 2. The van der Waals surface area contributed by atoms with Crippen molar-refractivity contribution in [1.82, 2.24) is 10.3 Å². The van der Waals surface area contributed by atoms with E-state index in [1.807, 2.05) is 6.07 Å². The Hall–Kier alpha value is -1.33. The van der Waals surface area contributed by atoms with Crippen LogP contribution in [0.3, 0.4) is 0 Å². The largest absolute Gasteiger partial charge is 0.493 e. The molecule has 0 aliphatic carbocycles. The number of ether oxygens (including phenoxy) is 3. The molecular weight excluding hydrogens is 244 g/mol. The molecule has 2 bridgehead atoms. The van der Waals surface area contributed by atoms with E-state index in [0.29, 0.717) is 30.5 Å². The summed E-state index contributed by atoms with van der Waals surface area (Å²) in [5, 5.41) is 3.53. The summed E-state index contributed by atoms with van der Waals surface area (Å²) in [5.41, 5.74) is 0.879. The molecule has 0 aromatic carbocycles. The van der Waals surface area contributed by atoms with Gasteiger partial charge in [-0.15, -0.1) is 0 Å². The van der Waals surface area contributed by atoms with Crippen LogP contribution in [0.4, 0.5) is 0 Å². The summed E-state index contributed by atoms with van der Waals surface area (Å²) < 4.78 is 16.5. The van der Waals surface area contributed by atoms with Crippen molar-refractivity contribution < 1.29 is 14.2 Å². The van der Waals surface area contributed by atoms with Crippen LogP contribution in [0.5, 0.6) is 11.5 Å². The third kappa shape index (κ3) is 2.40. The van der Waals surface area contributed by atoms with Gasteiger partial charge in [0.15, 0.2) is 11.5 Å². The van der Waals surface area contributed by atoms with E-state index in [2.05, 4.69) is 10.3 Å². The average Bonchev–Trinajstić information content (AvgIpc) is 3.06. The highest BCUT2D eigenvalue weighted by molar-refractivity contribution is 5.42. The number of nitrogens with zero attached hydrogens (tertiary/aromatic N) is 1. The van der Waals surface area contributed by atoms with Crippen molar-refractivity contribution in [2.75, 3.05) is 14.2 Å².